The Hall–Kier alpha value is -2.74. The highest BCUT2D eigenvalue weighted by Crippen LogP contribution is 2.17. The Morgan fingerprint density at radius 1 is 1.15 bits per heavy atom. The molecule has 26 heavy (non-hydrogen) atoms. The van der Waals surface area contributed by atoms with E-state index in [1.165, 1.54) is 54.2 Å². The van der Waals surface area contributed by atoms with Gasteiger partial charge in [0.15, 0.2) is 5.16 Å². The molecule has 1 N–H and O–H groups in total. The molecular formula is C18H15F2N3O2S. The maximum atomic E-state index is 13.4. The van der Waals surface area contributed by atoms with Crippen LogP contribution < -0.4 is 11.0 Å². The smallest absolute Gasteiger partial charge is 0.273 e. The summed E-state index contributed by atoms with van der Waals surface area (Å²) in [6, 6.07) is 9.22. The summed E-state index contributed by atoms with van der Waals surface area (Å²) in [7, 11) is 0. The van der Waals surface area contributed by atoms with Crippen LogP contribution in [0.2, 0.25) is 0 Å². The zero-order chi connectivity index (χ0) is 18.7. The number of carbonyl (C=O) groups excluding carboxylic acids is 1. The standard InChI is InChI=1S/C18H15F2N3O2S/c1-2-26-18-21-15-10-13(20)7-8-14(15)17(25)23(18)22-16(24)9-11-3-5-12(19)6-4-11/h3-8,10H,2,9H2,1H3,(H,22,24). The number of rotatable bonds is 5. The Morgan fingerprint density at radius 3 is 2.54 bits per heavy atom. The van der Waals surface area contributed by atoms with E-state index in [2.05, 4.69) is 10.4 Å². The monoisotopic (exact) mass is 375 g/mol. The molecule has 5 nitrogen and oxygen atoms in total. The summed E-state index contributed by atoms with van der Waals surface area (Å²) in [5.74, 6) is -0.714. The fourth-order valence-electron chi connectivity index (χ4n) is 2.41. The number of aromatic nitrogens is 2. The summed E-state index contributed by atoms with van der Waals surface area (Å²) in [6.07, 6.45) is -0.0234. The van der Waals surface area contributed by atoms with Crippen molar-refractivity contribution < 1.29 is 13.6 Å². The quantitative estimate of drug-likeness (QED) is 0.550. The third-order valence-electron chi connectivity index (χ3n) is 3.59. The van der Waals surface area contributed by atoms with Gasteiger partial charge in [-0.15, -0.1) is 0 Å². The number of fused-ring (bicyclic) bond motifs is 1. The summed E-state index contributed by atoms with van der Waals surface area (Å²) < 4.78 is 27.4. The molecule has 0 radical (unpaired) electrons. The van der Waals surface area contributed by atoms with Crippen LogP contribution in [0.1, 0.15) is 12.5 Å². The lowest BCUT2D eigenvalue weighted by Crippen LogP contribution is -2.35. The molecule has 0 fully saturated rings. The van der Waals surface area contributed by atoms with Crippen molar-refractivity contribution in [3.05, 3.63) is 70.0 Å². The zero-order valence-corrected chi connectivity index (χ0v) is 14.6. The van der Waals surface area contributed by atoms with Crippen molar-refractivity contribution in [3.63, 3.8) is 0 Å². The number of nitrogens with zero attached hydrogens (tertiary/aromatic N) is 2. The van der Waals surface area contributed by atoms with Crippen LogP contribution in [0.3, 0.4) is 0 Å². The van der Waals surface area contributed by atoms with Crippen molar-refractivity contribution in [3.8, 4) is 0 Å². The number of amides is 1. The van der Waals surface area contributed by atoms with Gasteiger partial charge in [-0.3, -0.25) is 15.0 Å². The van der Waals surface area contributed by atoms with E-state index in [9.17, 15) is 18.4 Å². The van der Waals surface area contributed by atoms with Gasteiger partial charge in [0, 0.05) is 6.07 Å². The molecule has 134 valence electrons. The van der Waals surface area contributed by atoms with E-state index in [4.69, 9.17) is 0 Å². The second-order valence-electron chi connectivity index (χ2n) is 5.47. The van der Waals surface area contributed by atoms with Gasteiger partial charge in [0.2, 0.25) is 5.91 Å². The molecule has 0 aliphatic carbocycles. The zero-order valence-electron chi connectivity index (χ0n) is 13.8. The average molecular weight is 375 g/mol. The predicted molar refractivity (Wildman–Crippen MR) is 96.8 cm³/mol. The van der Waals surface area contributed by atoms with Gasteiger partial charge in [-0.2, -0.15) is 4.68 Å². The van der Waals surface area contributed by atoms with Gasteiger partial charge in [0.25, 0.3) is 5.56 Å². The van der Waals surface area contributed by atoms with Crippen LogP contribution in [0.5, 0.6) is 0 Å². The van der Waals surface area contributed by atoms with Crippen LogP contribution in [-0.4, -0.2) is 21.3 Å². The van der Waals surface area contributed by atoms with E-state index < -0.39 is 23.1 Å². The number of hydrogen-bond donors (Lipinski definition) is 1. The minimum Gasteiger partial charge on any atom is -0.273 e. The van der Waals surface area contributed by atoms with Gasteiger partial charge >= 0.3 is 0 Å². The van der Waals surface area contributed by atoms with Gasteiger partial charge < -0.3 is 0 Å². The first-order chi connectivity index (χ1) is 12.5. The molecule has 0 atom stereocenters. The predicted octanol–water partition coefficient (Wildman–Crippen LogP) is 3.10. The van der Waals surface area contributed by atoms with Crippen molar-refractivity contribution in [2.24, 2.45) is 0 Å². The van der Waals surface area contributed by atoms with E-state index in [-0.39, 0.29) is 22.5 Å². The topological polar surface area (TPSA) is 64.0 Å². The molecule has 1 aromatic heterocycles. The molecule has 0 saturated carbocycles. The highest BCUT2D eigenvalue weighted by Gasteiger charge is 2.14. The Morgan fingerprint density at radius 2 is 1.85 bits per heavy atom. The van der Waals surface area contributed by atoms with Crippen molar-refractivity contribution in [2.75, 3.05) is 11.2 Å². The molecule has 0 aliphatic rings. The van der Waals surface area contributed by atoms with Crippen LogP contribution in [0.4, 0.5) is 8.78 Å². The number of benzene rings is 2. The highest BCUT2D eigenvalue weighted by molar-refractivity contribution is 7.99. The largest absolute Gasteiger partial charge is 0.281 e. The number of thioether (sulfide) groups is 1. The molecule has 0 saturated heterocycles. The number of halogens is 2. The molecule has 1 amide bonds. The summed E-state index contributed by atoms with van der Waals surface area (Å²) in [6.45, 7) is 1.87. The first-order valence-corrected chi connectivity index (χ1v) is 8.86. The summed E-state index contributed by atoms with van der Waals surface area (Å²) in [5, 5.41) is 0.469. The van der Waals surface area contributed by atoms with Crippen molar-refractivity contribution in [2.45, 2.75) is 18.5 Å². The summed E-state index contributed by atoms with van der Waals surface area (Å²) in [4.78, 5) is 29.3. The van der Waals surface area contributed by atoms with Crippen molar-refractivity contribution in [1.29, 1.82) is 0 Å². The highest BCUT2D eigenvalue weighted by atomic mass is 32.2. The maximum Gasteiger partial charge on any atom is 0.281 e. The van der Waals surface area contributed by atoms with E-state index in [1.807, 2.05) is 6.92 Å². The van der Waals surface area contributed by atoms with Crippen LogP contribution in [-0.2, 0) is 11.2 Å². The number of carbonyl (C=O) groups is 1. The first-order valence-electron chi connectivity index (χ1n) is 7.87. The van der Waals surface area contributed by atoms with Crippen molar-refractivity contribution in [1.82, 2.24) is 9.66 Å². The average Bonchev–Trinajstić information content (AvgIpc) is 2.60. The molecule has 8 heteroatoms. The third-order valence-corrected chi connectivity index (χ3v) is 4.41. The van der Waals surface area contributed by atoms with Gasteiger partial charge in [0.05, 0.1) is 17.3 Å². The molecule has 0 spiro atoms. The van der Waals surface area contributed by atoms with Gasteiger partial charge in [0.1, 0.15) is 11.6 Å². The van der Waals surface area contributed by atoms with Crippen LogP contribution in [0, 0.1) is 11.6 Å². The second kappa shape index (κ2) is 7.65. The van der Waals surface area contributed by atoms with Gasteiger partial charge in [-0.05, 0) is 35.6 Å². The number of nitrogens with one attached hydrogen (secondary N) is 1. The second-order valence-corrected chi connectivity index (χ2v) is 6.70. The van der Waals surface area contributed by atoms with Crippen LogP contribution in [0.25, 0.3) is 10.9 Å². The summed E-state index contributed by atoms with van der Waals surface area (Å²) in [5.41, 5.74) is 2.88. The molecular weight excluding hydrogens is 360 g/mol. The Balaban J connectivity index is 1.94. The lowest BCUT2D eigenvalue weighted by Gasteiger charge is -2.13. The van der Waals surface area contributed by atoms with Gasteiger partial charge in [-0.25, -0.2) is 13.8 Å². The van der Waals surface area contributed by atoms with E-state index in [1.54, 1.807) is 0 Å². The fraction of sp³-hybridized carbons (Fsp3) is 0.167. The van der Waals surface area contributed by atoms with E-state index in [0.29, 0.717) is 11.3 Å². The SMILES string of the molecule is CCSc1nc2cc(F)ccc2c(=O)n1NC(=O)Cc1ccc(F)cc1. The van der Waals surface area contributed by atoms with E-state index >= 15 is 0 Å². The molecule has 0 bridgehead atoms. The molecule has 0 unspecified atom stereocenters. The molecule has 3 rings (SSSR count). The Bertz CT molecular complexity index is 1020. The maximum absolute atomic E-state index is 13.4. The van der Waals surface area contributed by atoms with Crippen LogP contribution in [0.15, 0.2) is 52.4 Å². The minimum atomic E-state index is -0.491. The van der Waals surface area contributed by atoms with Gasteiger partial charge in [-0.1, -0.05) is 30.8 Å². The normalized spacial score (nSPS) is 10.9. The minimum absolute atomic E-state index is 0.0234. The Kier molecular flexibility index (Phi) is 5.32. The lowest BCUT2D eigenvalue weighted by molar-refractivity contribution is -0.116. The molecule has 1 heterocycles. The molecule has 0 aliphatic heterocycles. The summed E-state index contributed by atoms with van der Waals surface area (Å²) >= 11 is 1.25. The first kappa shape index (κ1) is 18.1. The lowest BCUT2D eigenvalue weighted by atomic mass is 10.1. The third kappa shape index (κ3) is 3.91. The van der Waals surface area contributed by atoms with E-state index in [0.717, 1.165) is 4.68 Å². The van der Waals surface area contributed by atoms with Crippen molar-refractivity contribution >= 4 is 28.6 Å². The molecule has 3 aromatic rings. The van der Waals surface area contributed by atoms with Crippen LogP contribution >= 0.6 is 11.8 Å². The fourth-order valence-corrected chi connectivity index (χ4v) is 3.09. The number of hydrogen-bond acceptors (Lipinski definition) is 4. The molecule has 2 aromatic carbocycles. The Labute approximate surface area is 152 Å².